The van der Waals surface area contributed by atoms with Crippen LogP contribution >= 0.6 is 11.6 Å². The normalized spacial score (nSPS) is 10.3. The van der Waals surface area contributed by atoms with Gasteiger partial charge in [0.1, 0.15) is 5.75 Å². The maximum atomic E-state index is 13.7. The number of nitro groups is 1. The summed E-state index contributed by atoms with van der Waals surface area (Å²) in [4.78, 5) is 9.85. The lowest BCUT2D eigenvalue weighted by atomic mass is 10.2. The van der Waals surface area contributed by atoms with Gasteiger partial charge in [0.25, 0.3) is 5.69 Å². The largest absolute Gasteiger partial charge is 0.454 e. The molecule has 0 radical (unpaired) electrons. The van der Waals surface area contributed by atoms with Gasteiger partial charge in [0, 0.05) is 23.2 Å². The molecule has 0 saturated carbocycles. The Kier molecular flexibility index (Phi) is 4.16. The van der Waals surface area contributed by atoms with Gasteiger partial charge in [-0.2, -0.15) is 0 Å². The molecule has 0 saturated heterocycles. The molecule has 7 heteroatoms. The minimum Gasteiger partial charge on any atom is -0.454 e. The Labute approximate surface area is 118 Å². The maximum Gasteiger partial charge on any atom is 0.272 e. The molecule has 0 aliphatic carbocycles. The van der Waals surface area contributed by atoms with Gasteiger partial charge in [-0.25, -0.2) is 4.39 Å². The SMILES string of the molecule is NCc1c(Cl)cccc1Oc1ccc([N+](=O)[O-])cc1F. The van der Waals surface area contributed by atoms with E-state index in [0.29, 0.717) is 16.3 Å². The summed E-state index contributed by atoms with van der Waals surface area (Å²) in [7, 11) is 0. The fourth-order valence-corrected chi connectivity index (χ4v) is 1.88. The van der Waals surface area contributed by atoms with Crippen LogP contribution < -0.4 is 10.5 Å². The molecular formula is C13H10ClFN2O3. The number of rotatable bonds is 4. The molecule has 0 unspecified atom stereocenters. The molecule has 2 aromatic rings. The number of hydrogen-bond donors (Lipinski definition) is 1. The maximum absolute atomic E-state index is 13.7. The Hall–Kier alpha value is -2.18. The average molecular weight is 297 g/mol. The van der Waals surface area contributed by atoms with Gasteiger partial charge in [0.15, 0.2) is 11.6 Å². The van der Waals surface area contributed by atoms with Crippen LogP contribution in [0.25, 0.3) is 0 Å². The third-order valence-electron chi connectivity index (χ3n) is 2.63. The summed E-state index contributed by atoms with van der Waals surface area (Å²) in [6.07, 6.45) is 0. The van der Waals surface area contributed by atoms with Crippen LogP contribution in [0.3, 0.4) is 0 Å². The highest BCUT2D eigenvalue weighted by atomic mass is 35.5. The van der Waals surface area contributed by atoms with Gasteiger partial charge in [-0.3, -0.25) is 10.1 Å². The van der Waals surface area contributed by atoms with Crippen LogP contribution in [-0.4, -0.2) is 4.92 Å². The van der Waals surface area contributed by atoms with Crippen LogP contribution in [0, 0.1) is 15.9 Å². The topological polar surface area (TPSA) is 78.4 Å². The van der Waals surface area contributed by atoms with E-state index in [1.54, 1.807) is 18.2 Å². The molecule has 20 heavy (non-hydrogen) atoms. The second-order valence-corrected chi connectivity index (χ2v) is 4.30. The van der Waals surface area contributed by atoms with Crippen molar-refractivity contribution in [2.75, 3.05) is 0 Å². The van der Waals surface area contributed by atoms with E-state index in [4.69, 9.17) is 22.1 Å². The first-order chi connectivity index (χ1) is 9.52. The van der Waals surface area contributed by atoms with Gasteiger partial charge in [-0.15, -0.1) is 0 Å². The van der Waals surface area contributed by atoms with Crippen LogP contribution in [-0.2, 0) is 6.54 Å². The Bertz CT molecular complexity index is 664. The zero-order valence-electron chi connectivity index (χ0n) is 10.2. The van der Waals surface area contributed by atoms with Crippen LogP contribution in [0.5, 0.6) is 11.5 Å². The highest BCUT2D eigenvalue weighted by Crippen LogP contribution is 2.32. The highest BCUT2D eigenvalue weighted by molar-refractivity contribution is 6.31. The van der Waals surface area contributed by atoms with Crippen molar-refractivity contribution in [3.05, 3.63) is 62.9 Å². The first kappa shape index (κ1) is 14.2. The van der Waals surface area contributed by atoms with Crippen molar-refractivity contribution < 1.29 is 14.1 Å². The fraction of sp³-hybridized carbons (Fsp3) is 0.0769. The van der Waals surface area contributed by atoms with Gasteiger partial charge in [-0.1, -0.05) is 17.7 Å². The summed E-state index contributed by atoms with van der Waals surface area (Å²) in [5.41, 5.74) is 5.75. The van der Waals surface area contributed by atoms with E-state index in [0.717, 1.165) is 12.1 Å². The molecule has 2 N–H and O–H groups in total. The van der Waals surface area contributed by atoms with Gasteiger partial charge in [0.2, 0.25) is 0 Å². The number of hydrogen-bond acceptors (Lipinski definition) is 4. The van der Waals surface area contributed by atoms with Gasteiger partial charge >= 0.3 is 0 Å². The van der Waals surface area contributed by atoms with Crippen molar-refractivity contribution in [1.82, 2.24) is 0 Å². The number of benzene rings is 2. The highest BCUT2D eigenvalue weighted by Gasteiger charge is 2.14. The molecule has 0 fully saturated rings. The first-order valence-corrected chi connectivity index (χ1v) is 6.00. The average Bonchev–Trinajstić information content (AvgIpc) is 2.41. The summed E-state index contributed by atoms with van der Waals surface area (Å²) in [5, 5.41) is 10.9. The minimum atomic E-state index is -0.831. The zero-order valence-corrected chi connectivity index (χ0v) is 10.9. The molecule has 0 atom stereocenters. The second kappa shape index (κ2) is 5.85. The predicted octanol–water partition coefficient (Wildman–Crippen LogP) is 3.64. The van der Waals surface area contributed by atoms with E-state index in [-0.39, 0.29) is 18.0 Å². The molecule has 2 aromatic carbocycles. The molecular weight excluding hydrogens is 287 g/mol. The van der Waals surface area contributed by atoms with Gasteiger partial charge in [0.05, 0.1) is 11.0 Å². The molecule has 2 rings (SSSR count). The van der Waals surface area contributed by atoms with E-state index in [1.165, 1.54) is 6.07 Å². The van der Waals surface area contributed by atoms with Crippen LogP contribution in [0.15, 0.2) is 36.4 Å². The summed E-state index contributed by atoms with van der Waals surface area (Å²) >= 11 is 5.96. The van der Waals surface area contributed by atoms with Crippen molar-refractivity contribution >= 4 is 17.3 Å². The minimum absolute atomic E-state index is 0.129. The second-order valence-electron chi connectivity index (χ2n) is 3.89. The standard InChI is InChI=1S/C13H10ClFN2O3/c14-10-2-1-3-12(9(10)7-16)20-13-5-4-8(17(18)19)6-11(13)15/h1-6H,7,16H2. The first-order valence-electron chi connectivity index (χ1n) is 5.62. The van der Waals surface area contributed by atoms with E-state index in [1.807, 2.05) is 0 Å². The Morgan fingerprint density at radius 1 is 1.30 bits per heavy atom. The molecule has 0 aromatic heterocycles. The lowest BCUT2D eigenvalue weighted by molar-refractivity contribution is -0.385. The van der Waals surface area contributed by atoms with E-state index >= 15 is 0 Å². The molecule has 0 heterocycles. The summed E-state index contributed by atoms with van der Waals surface area (Å²) < 4.78 is 19.1. The zero-order chi connectivity index (χ0) is 14.7. The molecule has 0 amide bonds. The molecule has 0 bridgehead atoms. The Balaban J connectivity index is 2.36. The molecule has 0 aliphatic rings. The third kappa shape index (κ3) is 2.87. The summed E-state index contributed by atoms with van der Waals surface area (Å²) in [5.74, 6) is -0.650. The third-order valence-corrected chi connectivity index (χ3v) is 2.98. The van der Waals surface area contributed by atoms with Crippen molar-refractivity contribution in [2.45, 2.75) is 6.54 Å². The Morgan fingerprint density at radius 3 is 2.65 bits per heavy atom. The monoisotopic (exact) mass is 296 g/mol. The molecule has 5 nitrogen and oxygen atoms in total. The van der Waals surface area contributed by atoms with Gasteiger partial charge < -0.3 is 10.5 Å². The van der Waals surface area contributed by atoms with Crippen LogP contribution in [0.4, 0.5) is 10.1 Å². The quantitative estimate of drug-likeness (QED) is 0.690. The lowest BCUT2D eigenvalue weighted by Gasteiger charge is -2.11. The van der Waals surface area contributed by atoms with Crippen molar-refractivity contribution in [3.63, 3.8) is 0 Å². The van der Waals surface area contributed by atoms with E-state index < -0.39 is 10.7 Å². The van der Waals surface area contributed by atoms with Crippen molar-refractivity contribution in [3.8, 4) is 11.5 Å². The lowest BCUT2D eigenvalue weighted by Crippen LogP contribution is -2.01. The van der Waals surface area contributed by atoms with Crippen molar-refractivity contribution in [2.24, 2.45) is 5.73 Å². The smallest absolute Gasteiger partial charge is 0.272 e. The molecule has 104 valence electrons. The van der Waals surface area contributed by atoms with Crippen molar-refractivity contribution in [1.29, 1.82) is 0 Å². The van der Waals surface area contributed by atoms with E-state index in [9.17, 15) is 14.5 Å². The summed E-state index contributed by atoms with van der Waals surface area (Å²) in [6, 6.07) is 8.01. The number of halogens is 2. The Morgan fingerprint density at radius 2 is 2.05 bits per heavy atom. The predicted molar refractivity (Wildman–Crippen MR) is 72.5 cm³/mol. The number of nitrogens with zero attached hydrogens (tertiary/aromatic N) is 1. The van der Waals surface area contributed by atoms with Crippen LogP contribution in [0.1, 0.15) is 5.56 Å². The van der Waals surface area contributed by atoms with Crippen LogP contribution in [0.2, 0.25) is 5.02 Å². The summed E-state index contributed by atoms with van der Waals surface area (Å²) in [6.45, 7) is 0.129. The van der Waals surface area contributed by atoms with Gasteiger partial charge in [-0.05, 0) is 18.2 Å². The fourth-order valence-electron chi connectivity index (χ4n) is 1.64. The molecule has 0 aliphatic heterocycles. The number of ether oxygens (including phenoxy) is 1. The number of non-ortho nitro benzene ring substituents is 1. The van der Waals surface area contributed by atoms with E-state index in [2.05, 4.69) is 0 Å². The number of nitro benzene ring substituents is 1. The molecule has 0 spiro atoms. The number of nitrogens with two attached hydrogens (primary N) is 1.